The number of imidazole rings is 1. The maximum Gasteiger partial charge on any atom is 0.110 e. The SMILES string of the molecule is Cn1ccnc1CCn1ccc2ccc(CCN)cc21. The number of hydrogen-bond acceptors (Lipinski definition) is 2. The molecule has 104 valence electrons. The Balaban J connectivity index is 1.84. The second-order valence-electron chi connectivity index (χ2n) is 5.15. The van der Waals surface area contributed by atoms with Gasteiger partial charge in [-0.1, -0.05) is 12.1 Å². The van der Waals surface area contributed by atoms with E-state index in [0.29, 0.717) is 6.54 Å². The summed E-state index contributed by atoms with van der Waals surface area (Å²) in [6.07, 6.45) is 7.86. The van der Waals surface area contributed by atoms with Crippen molar-refractivity contribution in [3.8, 4) is 0 Å². The number of hydrogen-bond donors (Lipinski definition) is 1. The van der Waals surface area contributed by atoms with Crippen molar-refractivity contribution in [2.45, 2.75) is 19.4 Å². The molecule has 0 unspecified atom stereocenters. The molecule has 0 fully saturated rings. The molecule has 0 aliphatic rings. The van der Waals surface area contributed by atoms with Crippen molar-refractivity contribution < 1.29 is 0 Å². The lowest BCUT2D eigenvalue weighted by molar-refractivity contribution is 0.667. The van der Waals surface area contributed by atoms with Crippen LogP contribution < -0.4 is 5.73 Å². The molecule has 2 N–H and O–H groups in total. The number of fused-ring (bicyclic) bond motifs is 1. The number of nitrogens with two attached hydrogens (primary N) is 1. The van der Waals surface area contributed by atoms with E-state index in [4.69, 9.17) is 5.73 Å². The molecule has 0 radical (unpaired) electrons. The fraction of sp³-hybridized carbons (Fsp3) is 0.312. The van der Waals surface area contributed by atoms with Crippen molar-refractivity contribution >= 4 is 10.9 Å². The lowest BCUT2D eigenvalue weighted by Crippen LogP contribution is -2.05. The van der Waals surface area contributed by atoms with Crippen molar-refractivity contribution in [2.75, 3.05) is 6.54 Å². The second kappa shape index (κ2) is 5.51. The van der Waals surface area contributed by atoms with E-state index in [1.807, 2.05) is 19.4 Å². The average Bonchev–Trinajstić information content (AvgIpc) is 3.03. The van der Waals surface area contributed by atoms with E-state index in [2.05, 4.69) is 44.6 Å². The van der Waals surface area contributed by atoms with Gasteiger partial charge in [-0.15, -0.1) is 0 Å². The van der Waals surface area contributed by atoms with Crippen molar-refractivity contribution in [3.63, 3.8) is 0 Å². The van der Waals surface area contributed by atoms with Crippen LogP contribution in [-0.2, 0) is 26.4 Å². The third kappa shape index (κ3) is 2.47. The van der Waals surface area contributed by atoms with E-state index in [9.17, 15) is 0 Å². The van der Waals surface area contributed by atoms with E-state index in [1.54, 1.807) is 0 Å². The minimum atomic E-state index is 0.694. The molecule has 0 aliphatic carbocycles. The number of benzene rings is 1. The van der Waals surface area contributed by atoms with E-state index >= 15 is 0 Å². The first kappa shape index (κ1) is 12.9. The smallest absolute Gasteiger partial charge is 0.110 e. The van der Waals surface area contributed by atoms with Gasteiger partial charge in [0.15, 0.2) is 0 Å². The van der Waals surface area contributed by atoms with Crippen LogP contribution in [0.5, 0.6) is 0 Å². The van der Waals surface area contributed by atoms with Gasteiger partial charge < -0.3 is 14.9 Å². The number of aromatic nitrogens is 3. The zero-order valence-corrected chi connectivity index (χ0v) is 11.8. The third-order valence-corrected chi connectivity index (χ3v) is 3.77. The summed E-state index contributed by atoms with van der Waals surface area (Å²) in [4.78, 5) is 4.38. The van der Waals surface area contributed by atoms with Gasteiger partial charge in [0.05, 0.1) is 0 Å². The van der Waals surface area contributed by atoms with Crippen molar-refractivity contribution in [1.29, 1.82) is 0 Å². The Hall–Kier alpha value is -2.07. The summed E-state index contributed by atoms with van der Waals surface area (Å²) in [5.41, 5.74) is 8.22. The van der Waals surface area contributed by atoms with Crippen LogP contribution in [0.2, 0.25) is 0 Å². The van der Waals surface area contributed by atoms with Gasteiger partial charge in [-0.3, -0.25) is 0 Å². The summed E-state index contributed by atoms with van der Waals surface area (Å²) in [5, 5.41) is 1.28. The Morgan fingerprint density at radius 3 is 2.80 bits per heavy atom. The van der Waals surface area contributed by atoms with Crippen LogP contribution >= 0.6 is 0 Å². The summed E-state index contributed by atoms with van der Waals surface area (Å²) < 4.78 is 4.37. The van der Waals surface area contributed by atoms with Crippen LogP contribution in [0.4, 0.5) is 0 Å². The Morgan fingerprint density at radius 2 is 2.05 bits per heavy atom. The highest BCUT2D eigenvalue weighted by Gasteiger charge is 2.04. The molecule has 0 atom stereocenters. The summed E-state index contributed by atoms with van der Waals surface area (Å²) in [5.74, 6) is 1.12. The predicted molar refractivity (Wildman–Crippen MR) is 81.6 cm³/mol. The molecule has 3 rings (SSSR count). The van der Waals surface area contributed by atoms with Crippen molar-refractivity contribution in [1.82, 2.24) is 14.1 Å². The molecule has 3 aromatic rings. The molecular weight excluding hydrogens is 248 g/mol. The second-order valence-corrected chi connectivity index (χ2v) is 5.15. The van der Waals surface area contributed by atoms with Gasteiger partial charge >= 0.3 is 0 Å². The number of nitrogens with zero attached hydrogens (tertiary/aromatic N) is 3. The number of rotatable bonds is 5. The summed E-state index contributed by atoms with van der Waals surface area (Å²) >= 11 is 0. The first-order valence-electron chi connectivity index (χ1n) is 7.02. The molecule has 1 aromatic carbocycles. The third-order valence-electron chi connectivity index (χ3n) is 3.77. The topological polar surface area (TPSA) is 48.8 Å². The molecule has 0 amide bonds. The average molecular weight is 268 g/mol. The van der Waals surface area contributed by atoms with Gasteiger partial charge in [0, 0.05) is 44.1 Å². The highest BCUT2D eigenvalue weighted by Crippen LogP contribution is 2.18. The van der Waals surface area contributed by atoms with Gasteiger partial charge in [0.1, 0.15) is 5.82 Å². The van der Waals surface area contributed by atoms with Crippen LogP contribution in [0.15, 0.2) is 42.9 Å². The Kier molecular flexibility index (Phi) is 3.56. The fourth-order valence-electron chi connectivity index (χ4n) is 2.60. The Bertz CT molecular complexity index is 708. The van der Waals surface area contributed by atoms with Crippen LogP contribution in [0, 0.1) is 0 Å². The quantitative estimate of drug-likeness (QED) is 0.770. The van der Waals surface area contributed by atoms with Crippen molar-refractivity contribution in [3.05, 3.63) is 54.2 Å². The van der Waals surface area contributed by atoms with E-state index in [0.717, 1.165) is 25.2 Å². The molecule has 20 heavy (non-hydrogen) atoms. The first-order valence-corrected chi connectivity index (χ1v) is 7.02. The Labute approximate surface area is 118 Å². The standard InChI is InChI=1S/C16H20N4/c1-19-11-8-18-16(19)6-10-20-9-5-14-3-2-13(4-7-17)12-15(14)20/h2-3,5,8-9,11-12H,4,6-7,10,17H2,1H3. The summed E-state index contributed by atoms with van der Waals surface area (Å²) in [7, 11) is 2.04. The highest BCUT2D eigenvalue weighted by molar-refractivity contribution is 5.80. The molecule has 4 heteroatoms. The summed E-state index contributed by atoms with van der Waals surface area (Å²) in [6.45, 7) is 1.64. The summed E-state index contributed by atoms with van der Waals surface area (Å²) in [6, 6.07) is 8.76. The molecule has 0 saturated heterocycles. The normalized spacial score (nSPS) is 11.3. The van der Waals surface area contributed by atoms with Crippen LogP contribution in [0.25, 0.3) is 10.9 Å². The first-order chi connectivity index (χ1) is 9.78. The van der Waals surface area contributed by atoms with Gasteiger partial charge in [0.2, 0.25) is 0 Å². The molecule has 0 spiro atoms. The number of aryl methyl sites for hydroxylation is 3. The minimum absolute atomic E-state index is 0.694. The zero-order valence-electron chi connectivity index (χ0n) is 11.8. The molecular formula is C16H20N4. The molecule has 2 aromatic heterocycles. The van der Waals surface area contributed by atoms with E-state index in [1.165, 1.54) is 16.5 Å². The maximum absolute atomic E-state index is 5.64. The van der Waals surface area contributed by atoms with Crippen LogP contribution in [-0.4, -0.2) is 20.7 Å². The van der Waals surface area contributed by atoms with E-state index in [-0.39, 0.29) is 0 Å². The highest BCUT2D eigenvalue weighted by atomic mass is 15.0. The van der Waals surface area contributed by atoms with Gasteiger partial charge in [-0.05, 0) is 36.0 Å². The zero-order chi connectivity index (χ0) is 13.9. The molecule has 4 nitrogen and oxygen atoms in total. The van der Waals surface area contributed by atoms with Crippen LogP contribution in [0.3, 0.4) is 0 Å². The fourth-order valence-corrected chi connectivity index (χ4v) is 2.60. The van der Waals surface area contributed by atoms with Crippen molar-refractivity contribution in [2.24, 2.45) is 12.8 Å². The van der Waals surface area contributed by atoms with Crippen LogP contribution in [0.1, 0.15) is 11.4 Å². The van der Waals surface area contributed by atoms with Gasteiger partial charge in [0.25, 0.3) is 0 Å². The van der Waals surface area contributed by atoms with E-state index < -0.39 is 0 Å². The molecule has 2 heterocycles. The largest absolute Gasteiger partial charge is 0.347 e. The molecule has 0 aliphatic heterocycles. The Morgan fingerprint density at radius 1 is 1.15 bits per heavy atom. The molecule has 0 bridgehead atoms. The lowest BCUT2D eigenvalue weighted by atomic mass is 10.1. The lowest BCUT2D eigenvalue weighted by Gasteiger charge is -2.07. The monoisotopic (exact) mass is 268 g/mol. The minimum Gasteiger partial charge on any atom is -0.347 e. The van der Waals surface area contributed by atoms with Gasteiger partial charge in [-0.25, -0.2) is 4.98 Å². The maximum atomic E-state index is 5.64. The predicted octanol–water partition coefficient (Wildman–Crippen LogP) is 2.12. The molecule has 0 saturated carbocycles. The van der Waals surface area contributed by atoms with Gasteiger partial charge in [-0.2, -0.15) is 0 Å².